The second-order valence-electron chi connectivity index (χ2n) is 6.69. The molecule has 6 nitrogen and oxygen atoms in total. The van der Waals surface area contributed by atoms with E-state index in [2.05, 4.69) is 0 Å². The van der Waals surface area contributed by atoms with Crippen LogP contribution in [0, 0.1) is 0 Å². The first-order chi connectivity index (χ1) is 10.7. The van der Waals surface area contributed by atoms with E-state index < -0.39 is 23.8 Å². The van der Waals surface area contributed by atoms with Crippen LogP contribution < -0.4 is 5.73 Å². The summed E-state index contributed by atoms with van der Waals surface area (Å²) in [4.78, 5) is 11.6. The summed E-state index contributed by atoms with van der Waals surface area (Å²) in [5, 5.41) is 22.7. The smallest absolute Gasteiger partial charge is 0.422 e. The molecule has 1 amide bonds. The molecular formula is C17H29N3O3. The number of aliphatic hydroxyl groups is 1. The molecule has 0 heterocycles. The van der Waals surface area contributed by atoms with Crippen molar-refractivity contribution in [1.29, 1.82) is 0 Å². The van der Waals surface area contributed by atoms with Crippen LogP contribution in [-0.4, -0.2) is 57.1 Å². The van der Waals surface area contributed by atoms with Crippen molar-refractivity contribution in [3.05, 3.63) is 35.9 Å². The van der Waals surface area contributed by atoms with Gasteiger partial charge in [0.05, 0.1) is 11.6 Å². The van der Waals surface area contributed by atoms with Crippen molar-refractivity contribution in [3.8, 4) is 0 Å². The first kappa shape index (κ1) is 19.4. The molecule has 2 atom stereocenters. The van der Waals surface area contributed by atoms with Crippen molar-refractivity contribution in [2.24, 2.45) is 5.73 Å². The van der Waals surface area contributed by atoms with Gasteiger partial charge in [-0.3, -0.25) is 0 Å². The standard InChI is InChI=1S/C17H29N3O3/c1-5-19(20(16(22)23)17(2,3)4)12-15(21)14(18)11-13-9-7-6-8-10-13/h6-10,14-15,21H,5,11-12,18H2,1-4H3,(H,22,23)/t14-,15+/m0/s1. The third-order valence-corrected chi connectivity index (χ3v) is 3.67. The lowest BCUT2D eigenvalue weighted by atomic mass is 10.0. The topological polar surface area (TPSA) is 90.0 Å². The van der Waals surface area contributed by atoms with Crippen LogP contribution in [0.25, 0.3) is 0 Å². The maximum atomic E-state index is 11.6. The van der Waals surface area contributed by atoms with E-state index in [0.29, 0.717) is 13.0 Å². The van der Waals surface area contributed by atoms with Gasteiger partial charge < -0.3 is 15.9 Å². The van der Waals surface area contributed by atoms with E-state index in [1.165, 1.54) is 5.01 Å². The Balaban J connectivity index is 2.75. The molecule has 0 saturated carbocycles. The van der Waals surface area contributed by atoms with Gasteiger partial charge in [-0.15, -0.1) is 0 Å². The number of amides is 1. The molecule has 0 spiro atoms. The summed E-state index contributed by atoms with van der Waals surface area (Å²) in [6, 6.07) is 9.25. The average molecular weight is 323 g/mol. The third kappa shape index (κ3) is 5.82. The highest BCUT2D eigenvalue weighted by molar-refractivity contribution is 5.65. The molecule has 0 fully saturated rings. The van der Waals surface area contributed by atoms with Gasteiger partial charge in [0, 0.05) is 19.1 Å². The van der Waals surface area contributed by atoms with Crippen LogP contribution in [0.1, 0.15) is 33.3 Å². The summed E-state index contributed by atoms with van der Waals surface area (Å²) < 4.78 is 0. The number of carboxylic acid groups (broad SMARTS) is 1. The SMILES string of the molecule is CCN(C[C@@H](O)[C@@H](N)Cc1ccccc1)N(C(=O)O)C(C)(C)C. The van der Waals surface area contributed by atoms with E-state index in [0.717, 1.165) is 5.56 Å². The Bertz CT molecular complexity index is 488. The van der Waals surface area contributed by atoms with Crippen molar-refractivity contribution in [2.75, 3.05) is 13.1 Å². The molecule has 0 aliphatic heterocycles. The fraction of sp³-hybridized carbons (Fsp3) is 0.588. The number of nitrogens with zero attached hydrogens (tertiary/aromatic N) is 2. The molecule has 1 rings (SSSR count). The van der Waals surface area contributed by atoms with Gasteiger partial charge in [-0.1, -0.05) is 37.3 Å². The van der Waals surface area contributed by atoms with Crippen molar-refractivity contribution in [3.63, 3.8) is 0 Å². The van der Waals surface area contributed by atoms with Gasteiger partial charge in [-0.05, 0) is 32.8 Å². The number of likely N-dealkylation sites (N-methyl/N-ethyl adjacent to an activating group) is 1. The minimum atomic E-state index is -1.04. The van der Waals surface area contributed by atoms with Gasteiger partial charge >= 0.3 is 6.09 Å². The van der Waals surface area contributed by atoms with E-state index in [-0.39, 0.29) is 6.54 Å². The summed E-state index contributed by atoms with van der Waals surface area (Å²) >= 11 is 0. The van der Waals surface area contributed by atoms with E-state index in [1.807, 2.05) is 58.0 Å². The van der Waals surface area contributed by atoms with Crippen molar-refractivity contribution < 1.29 is 15.0 Å². The molecule has 6 heteroatoms. The second-order valence-corrected chi connectivity index (χ2v) is 6.69. The number of hydrogen-bond donors (Lipinski definition) is 3. The molecule has 0 radical (unpaired) electrons. The summed E-state index contributed by atoms with van der Waals surface area (Å²) in [6.07, 6.45) is -1.31. The number of hydrazine groups is 1. The summed E-state index contributed by atoms with van der Waals surface area (Å²) in [6.45, 7) is 7.96. The number of nitrogens with two attached hydrogens (primary N) is 1. The Kier molecular flexibility index (Phi) is 7.00. The van der Waals surface area contributed by atoms with Crippen molar-refractivity contribution in [1.82, 2.24) is 10.0 Å². The largest absolute Gasteiger partial charge is 0.464 e. The van der Waals surface area contributed by atoms with Gasteiger partial charge in [0.1, 0.15) is 0 Å². The minimum absolute atomic E-state index is 0.175. The van der Waals surface area contributed by atoms with Crippen molar-refractivity contribution in [2.45, 2.75) is 51.8 Å². The molecular weight excluding hydrogens is 294 g/mol. The zero-order chi connectivity index (χ0) is 17.6. The van der Waals surface area contributed by atoms with E-state index in [4.69, 9.17) is 5.73 Å². The second kappa shape index (κ2) is 8.29. The highest BCUT2D eigenvalue weighted by Gasteiger charge is 2.33. The molecule has 0 aliphatic rings. The Hall–Kier alpha value is -1.63. The molecule has 1 aromatic rings. The highest BCUT2D eigenvalue weighted by atomic mass is 16.4. The number of carbonyl (C=O) groups is 1. The molecule has 0 saturated heterocycles. The van der Waals surface area contributed by atoms with Crippen LogP contribution in [0.15, 0.2) is 30.3 Å². The van der Waals surface area contributed by atoms with E-state index in [1.54, 1.807) is 5.01 Å². The Morgan fingerprint density at radius 2 is 1.83 bits per heavy atom. The summed E-state index contributed by atoms with van der Waals surface area (Å²) in [5.74, 6) is 0. The summed E-state index contributed by atoms with van der Waals surface area (Å²) in [7, 11) is 0. The molecule has 130 valence electrons. The Morgan fingerprint density at radius 1 is 1.26 bits per heavy atom. The molecule has 0 unspecified atom stereocenters. The predicted molar refractivity (Wildman–Crippen MR) is 91.0 cm³/mol. The Labute approximate surface area is 138 Å². The predicted octanol–water partition coefficient (Wildman–Crippen LogP) is 1.93. The lowest BCUT2D eigenvalue weighted by molar-refractivity contribution is -0.0840. The number of benzene rings is 1. The molecule has 0 bridgehead atoms. The number of hydrogen-bond acceptors (Lipinski definition) is 4. The first-order valence-electron chi connectivity index (χ1n) is 7.92. The van der Waals surface area contributed by atoms with Crippen LogP contribution in [0.2, 0.25) is 0 Å². The first-order valence-corrected chi connectivity index (χ1v) is 7.92. The quantitative estimate of drug-likeness (QED) is 0.667. The van der Waals surface area contributed by atoms with Gasteiger partial charge in [0.2, 0.25) is 0 Å². The normalized spacial score (nSPS) is 14.6. The Morgan fingerprint density at radius 3 is 2.26 bits per heavy atom. The van der Waals surface area contributed by atoms with E-state index in [9.17, 15) is 15.0 Å². The molecule has 0 aliphatic carbocycles. The van der Waals surface area contributed by atoms with Crippen LogP contribution in [0.3, 0.4) is 0 Å². The van der Waals surface area contributed by atoms with Crippen LogP contribution in [-0.2, 0) is 6.42 Å². The molecule has 0 aromatic heterocycles. The van der Waals surface area contributed by atoms with Crippen LogP contribution in [0.5, 0.6) is 0 Å². The lowest BCUT2D eigenvalue weighted by Crippen LogP contribution is -2.58. The average Bonchev–Trinajstić information content (AvgIpc) is 2.45. The zero-order valence-corrected chi connectivity index (χ0v) is 14.4. The van der Waals surface area contributed by atoms with Gasteiger partial charge in [0.25, 0.3) is 0 Å². The monoisotopic (exact) mass is 323 g/mol. The zero-order valence-electron chi connectivity index (χ0n) is 14.4. The summed E-state index contributed by atoms with van der Waals surface area (Å²) in [5.41, 5.74) is 6.55. The molecule has 1 aromatic carbocycles. The lowest BCUT2D eigenvalue weighted by Gasteiger charge is -2.42. The highest BCUT2D eigenvalue weighted by Crippen LogP contribution is 2.17. The third-order valence-electron chi connectivity index (χ3n) is 3.67. The fourth-order valence-corrected chi connectivity index (χ4v) is 2.56. The van der Waals surface area contributed by atoms with Gasteiger partial charge in [0.15, 0.2) is 0 Å². The maximum Gasteiger partial charge on any atom is 0.422 e. The van der Waals surface area contributed by atoms with Crippen molar-refractivity contribution >= 4 is 6.09 Å². The van der Waals surface area contributed by atoms with Crippen LogP contribution >= 0.6 is 0 Å². The van der Waals surface area contributed by atoms with Gasteiger partial charge in [-0.25, -0.2) is 14.8 Å². The molecule has 4 N–H and O–H groups in total. The van der Waals surface area contributed by atoms with E-state index >= 15 is 0 Å². The minimum Gasteiger partial charge on any atom is -0.464 e. The maximum absolute atomic E-state index is 11.6. The number of rotatable bonds is 7. The number of aliphatic hydroxyl groups excluding tert-OH is 1. The fourth-order valence-electron chi connectivity index (χ4n) is 2.56. The molecule has 23 heavy (non-hydrogen) atoms. The van der Waals surface area contributed by atoms with Gasteiger partial charge in [-0.2, -0.15) is 0 Å². The van der Waals surface area contributed by atoms with Crippen LogP contribution in [0.4, 0.5) is 4.79 Å².